The lowest BCUT2D eigenvalue weighted by Gasteiger charge is -2.28. The van der Waals surface area contributed by atoms with Crippen molar-refractivity contribution >= 4 is 5.91 Å². The SMILES string of the molecule is Cc1ccc(C(C)N(C)C(=O)C(C)Oc2cccc(F)c2)cc1. The topological polar surface area (TPSA) is 29.5 Å². The fourth-order valence-electron chi connectivity index (χ4n) is 2.34. The third-order valence-corrected chi connectivity index (χ3v) is 3.95. The quantitative estimate of drug-likeness (QED) is 0.830. The van der Waals surface area contributed by atoms with Gasteiger partial charge in [-0.2, -0.15) is 0 Å². The van der Waals surface area contributed by atoms with Crippen molar-refractivity contribution in [3.63, 3.8) is 0 Å². The zero-order valence-electron chi connectivity index (χ0n) is 13.9. The Kier molecular flexibility index (Phi) is 5.37. The molecule has 0 saturated carbocycles. The van der Waals surface area contributed by atoms with Crippen LogP contribution in [-0.2, 0) is 4.79 Å². The van der Waals surface area contributed by atoms with E-state index in [2.05, 4.69) is 0 Å². The molecular weight excluding hydrogens is 293 g/mol. The number of ether oxygens (including phenoxy) is 1. The van der Waals surface area contributed by atoms with Gasteiger partial charge in [-0.25, -0.2) is 4.39 Å². The molecule has 4 heteroatoms. The molecule has 0 bridgehead atoms. The molecular formula is C19H22FNO2. The summed E-state index contributed by atoms with van der Waals surface area (Å²) in [5.41, 5.74) is 2.24. The minimum Gasteiger partial charge on any atom is -0.481 e. The summed E-state index contributed by atoms with van der Waals surface area (Å²) in [4.78, 5) is 14.2. The molecule has 0 saturated heterocycles. The maximum Gasteiger partial charge on any atom is 0.263 e. The van der Waals surface area contributed by atoms with Crippen LogP contribution in [0.3, 0.4) is 0 Å². The highest BCUT2D eigenvalue weighted by Crippen LogP contribution is 2.21. The summed E-state index contributed by atoms with van der Waals surface area (Å²) >= 11 is 0. The van der Waals surface area contributed by atoms with Gasteiger partial charge in [-0.05, 0) is 38.5 Å². The van der Waals surface area contributed by atoms with Crippen molar-refractivity contribution in [3.05, 3.63) is 65.5 Å². The molecule has 0 fully saturated rings. The number of aryl methyl sites for hydroxylation is 1. The Morgan fingerprint density at radius 2 is 1.78 bits per heavy atom. The number of halogens is 1. The van der Waals surface area contributed by atoms with Crippen LogP contribution in [0.25, 0.3) is 0 Å². The van der Waals surface area contributed by atoms with E-state index in [1.165, 1.54) is 17.7 Å². The molecule has 1 amide bonds. The number of hydrogen-bond donors (Lipinski definition) is 0. The summed E-state index contributed by atoms with van der Waals surface area (Å²) in [7, 11) is 1.75. The van der Waals surface area contributed by atoms with Crippen molar-refractivity contribution in [2.45, 2.75) is 32.9 Å². The normalized spacial score (nSPS) is 13.3. The minimum atomic E-state index is -0.685. The van der Waals surface area contributed by atoms with Crippen LogP contribution < -0.4 is 4.74 Å². The summed E-state index contributed by atoms with van der Waals surface area (Å²) in [5.74, 6) is -0.187. The molecule has 0 spiro atoms. The molecule has 0 aliphatic rings. The Morgan fingerprint density at radius 1 is 1.13 bits per heavy atom. The van der Waals surface area contributed by atoms with Gasteiger partial charge >= 0.3 is 0 Å². The predicted molar refractivity (Wildman–Crippen MR) is 88.9 cm³/mol. The van der Waals surface area contributed by atoms with Crippen LogP contribution in [0.5, 0.6) is 5.75 Å². The number of benzene rings is 2. The third-order valence-electron chi connectivity index (χ3n) is 3.95. The highest BCUT2D eigenvalue weighted by molar-refractivity contribution is 5.81. The van der Waals surface area contributed by atoms with Gasteiger partial charge in [-0.1, -0.05) is 35.9 Å². The fourth-order valence-corrected chi connectivity index (χ4v) is 2.34. The van der Waals surface area contributed by atoms with E-state index >= 15 is 0 Å². The molecule has 2 unspecified atom stereocenters. The molecule has 2 atom stereocenters. The predicted octanol–water partition coefficient (Wildman–Crippen LogP) is 4.12. The maximum atomic E-state index is 13.2. The van der Waals surface area contributed by atoms with E-state index in [-0.39, 0.29) is 17.8 Å². The van der Waals surface area contributed by atoms with E-state index in [1.807, 2.05) is 38.1 Å². The number of carbonyl (C=O) groups excluding carboxylic acids is 1. The maximum absolute atomic E-state index is 13.2. The molecule has 0 N–H and O–H groups in total. The van der Waals surface area contributed by atoms with E-state index in [0.29, 0.717) is 5.75 Å². The molecule has 122 valence electrons. The molecule has 0 aliphatic carbocycles. The summed E-state index contributed by atoms with van der Waals surface area (Å²) in [5, 5.41) is 0. The second-order valence-corrected chi connectivity index (χ2v) is 5.75. The molecule has 0 heterocycles. The van der Waals surface area contributed by atoms with Gasteiger partial charge in [0.2, 0.25) is 0 Å². The Hall–Kier alpha value is -2.36. The van der Waals surface area contributed by atoms with Crippen LogP contribution in [0.15, 0.2) is 48.5 Å². The molecule has 23 heavy (non-hydrogen) atoms. The first kappa shape index (κ1) is 17.0. The number of amides is 1. The lowest BCUT2D eigenvalue weighted by atomic mass is 10.1. The van der Waals surface area contributed by atoms with Crippen molar-refractivity contribution in [1.29, 1.82) is 0 Å². The zero-order valence-corrected chi connectivity index (χ0v) is 13.9. The van der Waals surface area contributed by atoms with Gasteiger partial charge in [-0.3, -0.25) is 4.79 Å². The van der Waals surface area contributed by atoms with Gasteiger partial charge in [-0.15, -0.1) is 0 Å². The smallest absolute Gasteiger partial charge is 0.263 e. The first-order chi connectivity index (χ1) is 10.9. The zero-order chi connectivity index (χ0) is 17.0. The Labute approximate surface area is 136 Å². The summed E-state index contributed by atoms with van der Waals surface area (Å²) in [6.45, 7) is 5.67. The molecule has 2 rings (SSSR count). The van der Waals surface area contributed by atoms with Crippen LogP contribution in [-0.4, -0.2) is 24.0 Å². The second kappa shape index (κ2) is 7.27. The first-order valence-electron chi connectivity index (χ1n) is 7.64. The Bertz CT molecular complexity index is 669. The first-order valence-corrected chi connectivity index (χ1v) is 7.64. The van der Waals surface area contributed by atoms with Gasteiger partial charge < -0.3 is 9.64 Å². The van der Waals surface area contributed by atoms with Crippen molar-refractivity contribution in [2.24, 2.45) is 0 Å². The van der Waals surface area contributed by atoms with Crippen LogP contribution in [0.1, 0.15) is 31.0 Å². The molecule has 0 radical (unpaired) electrons. The number of likely N-dealkylation sites (N-methyl/N-ethyl adjacent to an activating group) is 1. The summed E-state index contributed by atoms with van der Waals surface area (Å²) in [6.07, 6.45) is -0.685. The molecule has 0 aromatic heterocycles. The van der Waals surface area contributed by atoms with Crippen molar-refractivity contribution in [3.8, 4) is 5.75 Å². The van der Waals surface area contributed by atoms with Gasteiger partial charge in [0.05, 0.1) is 6.04 Å². The largest absolute Gasteiger partial charge is 0.481 e. The highest BCUT2D eigenvalue weighted by atomic mass is 19.1. The van der Waals surface area contributed by atoms with Crippen molar-refractivity contribution in [1.82, 2.24) is 4.90 Å². The fraction of sp³-hybridized carbons (Fsp3) is 0.316. The van der Waals surface area contributed by atoms with Crippen LogP contribution in [0.2, 0.25) is 0 Å². The lowest BCUT2D eigenvalue weighted by molar-refractivity contribution is -0.138. The highest BCUT2D eigenvalue weighted by Gasteiger charge is 2.24. The van der Waals surface area contributed by atoms with E-state index in [1.54, 1.807) is 31.0 Å². The third kappa shape index (κ3) is 4.31. The number of nitrogens with zero attached hydrogens (tertiary/aromatic N) is 1. The monoisotopic (exact) mass is 315 g/mol. The van der Waals surface area contributed by atoms with E-state index in [9.17, 15) is 9.18 Å². The minimum absolute atomic E-state index is 0.0679. The Morgan fingerprint density at radius 3 is 2.39 bits per heavy atom. The number of carbonyl (C=O) groups is 1. The Balaban J connectivity index is 2.04. The lowest BCUT2D eigenvalue weighted by Crippen LogP contribution is -2.39. The van der Waals surface area contributed by atoms with Crippen molar-refractivity contribution < 1.29 is 13.9 Å². The summed E-state index contributed by atoms with van der Waals surface area (Å²) in [6, 6.07) is 13.8. The van der Waals surface area contributed by atoms with Crippen LogP contribution in [0.4, 0.5) is 4.39 Å². The average Bonchev–Trinajstić information content (AvgIpc) is 2.53. The number of hydrogen-bond acceptors (Lipinski definition) is 2. The summed E-state index contributed by atoms with van der Waals surface area (Å²) < 4.78 is 18.7. The molecule has 3 nitrogen and oxygen atoms in total. The molecule has 0 aliphatic heterocycles. The standard InChI is InChI=1S/C19H22FNO2/c1-13-8-10-16(11-9-13)14(2)21(4)19(22)15(3)23-18-7-5-6-17(20)12-18/h5-12,14-15H,1-4H3. The van der Waals surface area contributed by atoms with Gasteiger partial charge in [0.25, 0.3) is 5.91 Å². The van der Waals surface area contributed by atoms with E-state index in [0.717, 1.165) is 5.56 Å². The van der Waals surface area contributed by atoms with Crippen LogP contribution in [0, 0.1) is 12.7 Å². The molecule has 2 aromatic carbocycles. The molecule has 2 aromatic rings. The van der Waals surface area contributed by atoms with E-state index in [4.69, 9.17) is 4.74 Å². The van der Waals surface area contributed by atoms with E-state index < -0.39 is 6.10 Å². The average molecular weight is 315 g/mol. The van der Waals surface area contributed by atoms with Gasteiger partial charge in [0.15, 0.2) is 6.10 Å². The van der Waals surface area contributed by atoms with Gasteiger partial charge in [0.1, 0.15) is 11.6 Å². The van der Waals surface area contributed by atoms with Gasteiger partial charge in [0, 0.05) is 13.1 Å². The number of rotatable bonds is 5. The van der Waals surface area contributed by atoms with Crippen LogP contribution >= 0.6 is 0 Å². The second-order valence-electron chi connectivity index (χ2n) is 5.75. The van der Waals surface area contributed by atoms with Crippen molar-refractivity contribution in [2.75, 3.05) is 7.05 Å².